The standard InChI is InChI=1S/C16H17BrN4O2/c17-14-10-13(21(22)23)3-4-15(14)19-11-12-5-6-18-16(9-12)20-7-1-2-8-20/h3-6,9-10,19H,1-2,7-8,11H2. The monoisotopic (exact) mass is 376 g/mol. The van der Waals surface area contributed by atoms with Gasteiger partial charge in [-0.25, -0.2) is 4.98 Å². The van der Waals surface area contributed by atoms with Gasteiger partial charge >= 0.3 is 0 Å². The van der Waals surface area contributed by atoms with Gasteiger partial charge in [0.25, 0.3) is 5.69 Å². The summed E-state index contributed by atoms with van der Waals surface area (Å²) in [5, 5.41) is 14.1. The lowest BCUT2D eigenvalue weighted by atomic mass is 10.2. The van der Waals surface area contributed by atoms with E-state index < -0.39 is 4.92 Å². The average molecular weight is 377 g/mol. The Morgan fingerprint density at radius 2 is 2.04 bits per heavy atom. The average Bonchev–Trinajstić information content (AvgIpc) is 3.08. The van der Waals surface area contributed by atoms with E-state index in [0.717, 1.165) is 30.2 Å². The van der Waals surface area contributed by atoms with Crippen molar-refractivity contribution in [1.82, 2.24) is 4.98 Å². The van der Waals surface area contributed by atoms with Crippen LogP contribution in [0.5, 0.6) is 0 Å². The van der Waals surface area contributed by atoms with Crippen LogP contribution in [-0.2, 0) is 6.54 Å². The van der Waals surface area contributed by atoms with Gasteiger partial charge in [-0.05, 0) is 52.5 Å². The topological polar surface area (TPSA) is 71.3 Å². The third-order valence-corrected chi connectivity index (χ3v) is 4.54. The van der Waals surface area contributed by atoms with Crippen LogP contribution in [0.1, 0.15) is 18.4 Å². The molecule has 0 saturated carbocycles. The zero-order valence-corrected chi connectivity index (χ0v) is 14.1. The normalized spacial score (nSPS) is 14.0. The van der Waals surface area contributed by atoms with Crippen molar-refractivity contribution in [3.63, 3.8) is 0 Å². The van der Waals surface area contributed by atoms with Gasteiger partial charge in [-0.1, -0.05) is 0 Å². The predicted octanol–water partition coefficient (Wildman–Crippen LogP) is 3.96. The number of benzene rings is 1. The zero-order chi connectivity index (χ0) is 16.2. The molecule has 1 aromatic heterocycles. The molecule has 1 aliphatic heterocycles. The van der Waals surface area contributed by atoms with E-state index in [1.54, 1.807) is 6.07 Å². The van der Waals surface area contributed by atoms with Gasteiger partial charge in [0.05, 0.1) is 4.92 Å². The fraction of sp³-hybridized carbons (Fsp3) is 0.312. The van der Waals surface area contributed by atoms with E-state index in [0.29, 0.717) is 11.0 Å². The van der Waals surface area contributed by atoms with E-state index in [1.165, 1.54) is 25.0 Å². The molecule has 1 fully saturated rings. The summed E-state index contributed by atoms with van der Waals surface area (Å²) in [6.07, 6.45) is 4.27. The first kappa shape index (κ1) is 15.7. The molecule has 0 amide bonds. The molecule has 1 N–H and O–H groups in total. The van der Waals surface area contributed by atoms with Crippen LogP contribution in [0.3, 0.4) is 0 Å². The van der Waals surface area contributed by atoms with Crippen molar-refractivity contribution in [2.24, 2.45) is 0 Å². The molecule has 6 nitrogen and oxygen atoms in total. The summed E-state index contributed by atoms with van der Waals surface area (Å²) in [7, 11) is 0. The smallest absolute Gasteiger partial charge is 0.270 e. The van der Waals surface area contributed by atoms with Gasteiger partial charge in [0.2, 0.25) is 0 Å². The van der Waals surface area contributed by atoms with Crippen LogP contribution in [0, 0.1) is 10.1 Å². The highest BCUT2D eigenvalue weighted by molar-refractivity contribution is 9.10. The number of nitrogens with zero attached hydrogens (tertiary/aromatic N) is 3. The number of hydrogen-bond acceptors (Lipinski definition) is 5. The number of nitro groups is 1. The highest BCUT2D eigenvalue weighted by Crippen LogP contribution is 2.27. The van der Waals surface area contributed by atoms with Crippen molar-refractivity contribution >= 4 is 33.1 Å². The van der Waals surface area contributed by atoms with Crippen LogP contribution < -0.4 is 10.2 Å². The van der Waals surface area contributed by atoms with E-state index in [-0.39, 0.29) is 5.69 Å². The van der Waals surface area contributed by atoms with Gasteiger partial charge in [-0.15, -0.1) is 0 Å². The molecular formula is C16H17BrN4O2. The zero-order valence-electron chi connectivity index (χ0n) is 12.5. The molecule has 3 rings (SSSR count). The molecule has 1 aliphatic rings. The molecule has 0 spiro atoms. The largest absolute Gasteiger partial charge is 0.380 e. The molecule has 2 heterocycles. The summed E-state index contributed by atoms with van der Waals surface area (Å²) in [5.41, 5.74) is 2.03. The Hall–Kier alpha value is -2.15. The number of nitrogens with one attached hydrogen (secondary N) is 1. The second kappa shape index (κ2) is 6.95. The summed E-state index contributed by atoms with van der Waals surface area (Å²) >= 11 is 3.37. The van der Waals surface area contributed by atoms with Crippen LogP contribution in [0.15, 0.2) is 41.0 Å². The number of halogens is 1. The summed E-state index contributed by atoms with van der Waals surface area (Å²) in [6.45, 7) is 2.77. The molecule has 0 bridgehead atoms. The van der Waals surface area contributed by atoms with Crippen LogP contribution in [-0.4, -0.2) is 23.0 Å². The maximum Gasteiger partial charge on any atom is 0.270 e. The molecule has 0 atom stereocenters. The Morgan fingerprint density at radius 1 is 1.26 bits per heavy atom. The number of hydrogen-bond donors (Lipinski definition) is 1. The lowest BCUT2D eigenvalue weighted by Gasteiger charge is -2.17. The van der Waals surface area contributed by atoms with Crippen molar-refractivity contribution in [2.75, 3.05) is 23.3 Å². The maximum absolute atomic E-state index is 10.8. The van der Waals surface area contributed by atoms with E-state index >= 15 is 0 Å². The summed E-state index contributed by atoms with van der Waals surface area (Å²) in [6, 6.07) is 8.79. The first-order chi connectivity index (χ1) is 11.1. The van der Waals surface area contributed by atoms with Crippen molar-refractivity contribution in [2.45, 2.75) is 19.4 Å². The lowest BCUT2D eigenvalue weighted by molar-refractivity contribution is -0.384. The quantitative estimate of drug-likeness (QED) is 0.631. The van der Waals surface area contributed by atoms with E-state index in [9.17, 15) is 10.1 Å². The Kier molecular flexibility index (Phi) is 4.76. The second-order valence-corrected chi connectivity index (χ2v) is 6.35. The number of aromatic nitrogens is 1. The van der Waals surface area contributed by atoms with Crippen molar-refractivity contribution in [1.29, 1.82) is 0 Å². The van der Waals surface area contributed by atoms with Crippen LogP contribution in [0.25, 0.3) is 0 Å². The highest BCUT2D eigenvalue weighted by atomic mass is 79.9. The number of rotatable bonds is 5. The first-order valence-corrected chi connectivity index (χ1v) is 8.30. The summed E-state index contributed by atoms with van der Waals surface area (Å²) in [4.78, 5) is 17.1. The predicted molar refractivity (Wildman–Crippen MR) is 93.8 cm³/mol. The van der Waals surface area contributed by atoms with Gasteiger partial charge in [0, 0.05) is 48.1 Å². The number of non-ortho nitro benzene ring substituents is 1. The summed E-state index contributed by atoms with van der Waals surface area (Å²) < 4.78 is 0.681. The minimum Gasteiger partial charge on any atom is -0.380 e. The van der Waals surface area contributed by atoms with E-state index in [1.807, 2.05) is 12.3 Å². The molecule has 7 heteroatoms. The molecule has 0 aliphatic carbocycles. The number of pyridine rings is 1. The van der Waals surface area contributed by atoms with Crippen LogP contribution in [0.4, 0.5) is 17.2 Å². The molecule has 1 aromatic carbocycles. The minimum atomic E-state index is -0.403. The van der Waals surface area contributed by atoms with Gasteiger partial charge in [-0.2, -0.15) is 0 Å². The molecule has 120 valence electrons. The number of nitro benzene ring substituents is 1. The van der Waals surface area contributed by atoms with E-state index in [2.05, 4.69) is 37.2 Å². The Bertz CT molecular complexity index is 717. The second-order valence-electron chi connectivity index (χ2n) is 5.49. The Labute approximate surface area is 142 Å². The maximum atomic E-state index is 10.8. The SMILES string of the molecule is O=[N+]([O-])c1ccc(NCc2ccnc(N3CCCC3)c2)c(Br)c1. The fourth-order valence-corrected chi connectivity index (χ4v) is 3.15. The van der Waals surface area contributed by atoms with Gasteiger partial charge in [0.1, 0.15) is 5.82 Å². The first-order valence-electron chi connectivity index (χ1n) is 7.51. The van der Waals surface area contributed by atoms with Crippen molar-refractivity contribution in [3.8, 4) is 0 Å². The molecular weight excluding hydrogens is 360 g/mol. The summed E-state index contributed by atoms with van der Waals surface area (Å²) in [5.74, 6) is 1.02. The molecule has 2 aromatic rings. The fourth-order valence-electron chi connectivity index (χ4n) is 2.65. The van der Waals surface area contributed by atoms with Crippen molar-refractivity contribution in [3.05, 3.63) is 56.7 Å². The van der Waals surface area contributed by atoms with Crippen LogP contribution >= 0.6 is 15.9 Å². The Morgan fingerprint density at radius 3 is 2.74 bits per heavy atom. The molecule has 0 radical (unpaired) electrons. The number of anilines is 2. The van der Waals surface area contributed by atoms with Gasteiger partial charge < -0.3 is 10.2 Å². The lowest BCUT2D eigenvalue weighted by Crippen LogP contribution is -2.19. The third-order valence-electron chi connectivity index (χ3n) is 3.89. The van der Waals surface area contributed by atoms with Crippen LogP contribution in [0.2, 0.25) is 0 Å². The van der Waals surface area contributed by atoms with Gasteiger partial charge in [0.15, 0.2) is 0 Å². The highest BCUT2D eigenvalue weighted by Gasteiger charge is 2.14. The molecule has 0 unspecified atom stereocenters. The third kappa shape index (κ3) is 3.79. The van der Waals surface area contributed by atoms with E-state index in [4.69, 9.17) is 0 Å². The van der Waals surface area contributed by atoms with Crippen molar-refractivity contribution < 1.29 is 4.92 Å². The van der Waals surface area contributed by atoms with Gasteiger partial charge in [-0.3, -0.25) is 10.1 Å². The Balaban J connectivity index is 1.68. The minimum absolute atomic E-state index is 0.0719. The molecule has 1 saturated heterocycles. The molecule has 23 heavy (non-hydrogen) atoms.